The summed E-state index contributed by atoms with van der Waals surface area (Å²) in [5.74, 6) is -1.03. The van der Waals surface area contributed by atoms with Crippen LogP contribution in [0.5, 0.6) is 11.5 Å². The smallest absolute Gasteiger partial charge is 0.408 e. The molecule has 0 spiro atoms. The van der Waals surface area contributed by atoms with Gasteiger partial charge in [-0.15, -0.1) is 0 Å². The first-order chi connectivity index (χ1) is 22.7. The predicted octanol–water partition coefficient (Wildman–Crippen LogP) is 1.71. The van der Waals surface area contributed by atoms with Gasteiger partial charge in [0.15, 0.2) is 11.5 Å². The number of amides is 5. The molecule has 16 nitrogen and oxygen atoms in total. The summed E-state index contributed by atoms with van der Waals surface area (Å²) in [6, 6.07) is 2.25. The molecule has 0 saturated heterocycles. The maximum atomic E-state index is 13.6. The van der Waals surface area contributed by atoms with E-state index in [2.05, 4.69) is 21.3 Å². The van der Waals surface area contributed by atoms with E-state index >= 15 is 0 Å². The zero-order chi connectivity index (χ0) is 37.5. The number of rotatable bonds is 17. The molecule has 49 heavy (non-hydrogen) atoms. The fraction of sp³-hybridized carbons (Fsp3) is 0.667. The Hall–Kier alpha value is -4.31. The van der Waals surface area contributed by atoms with Crippen LogP contribution in [0.25, 0.3) is 0 Å². The highest BCUT2D eigenvalue weighted by molar-refractivity contribution is 5.97. The molecule has 0 aromatic heterocycles. The monoisotopic (exact) mass is 697 g/mol. The van der Waals surface area contributed by atoms with Crippen LogP contribution in [0.4, 0.5) is 9.59 Å². The number of aliphatic hydroxyl groups is 2. The molecule has 0 bridgehead atoms. The highest BCUT2D eigenvalue weighted by Crippen LogP contribution is 2.30. The third kappa shape index (κ3) is 15.6. The van der Waals surface area contributed by atoms with Crippen molar-refractivity contribution >= 4 is 29.9 Å². The first-order valence-corrected chi connectivity index (χ1v) is 16.1. The quantitative estimate of drug-likeness (QED) is 0.129. The number of para-hydroxylation sites is 1. The zero-order valence-electron chi connectivity index (χ0n) is 30.3. The number of nitrogens with one attached hydrogen (secondary N) is 4. The standard InChI is InChI=1S/C33H55N5O11/c1-20(39)24(36-30(44)48-32(3,4)5)28(42)35-17-13-19-38(29(43)25(21(2)40)37-31(45)49-33(6,7)8)18-12-16-34-27(41)22-14-11-15-23(46-9)26(22)47-10/h11,14-15,20-21,24-25,39-40H,12-13,16-19H2,1-10H3,(H,34,41)(H,35,42)(H,36,44)(H,37,45)/t20-,21-,24+,25+/m0/s1. The van der Waals surface area contributed by atoms with Crippen LogP contribution in [-0.2, 0) is 19.1 Å². The van der Waals surface area contributed by atoms with Gasteiger partial charge in [-0.05, 0) is 80.4 Å². The van der Waals surface area contributed by atoms with Crippen LogP contribution < -0.4 is 30.7 Å². The molecule has 1 aromatic carbocycles. The molecule has 278 valence electrons. The summed E-state index contributed by atoms with van der Waals surface area (Å²) in [4.78, 5) is 65.4. The van der Waals surface area contributed by atoms with Gasteiger partial charge in [-0.25, -0.2) is 9.59 Å². The lowest BCUT2D eigenvalue weighted by Crippen LogP contribution is -2.55. The van der Waals surface area contributed by atoms with Crippen LogP contribution >= 0.6 is 0 Å². The first kappa shape index (κ1) is 42.7. The Bertz CT molecular complexity index is 1260. The highest BCUT2D eigenvalue weighted by Gasteiger charge is 2.32. The predicted molar refractivity (Wildman–Crippen MR) is 180 cm³/mol. The second-order valence-corrected chi connectivity index (χ2v) is 13.3. The summed E-state index contributed by atoms with van der Waals surface area (Å²) < 4.78 is 21.0. The van der Waals surface area contributed by atoms with Gasteiger partial charge >= 0.3 is 12.2 Å². The Balaban J connectivity index is 3.00. The minimum Gasteiger partial charge on any atom is -0.493 e. The molecule has 4 atom stereocenters. The number of nitrogens with zero attached hydrogens (tertiary/aromatic N) is 1. The SMILES string of the molecule is COc1cccc(C(=O)NCCCN(CCCNC(=O)[C@H](NC(=O)OC(C)(C)C)[C@H](C)O)C(=O)[C@H](NC(=O)OC(C)(C)C)[C@H](C)O)c1OC. The molecule has 0 heterocycles. The molecule has 0 aliphatic carbocycles. The van der Waals surface area contributed by atoms with E-state index in [0.717, 1.165) is 0 Å². The summed E-state index contributed by atoms with van der Waals surface area (Å²) in [5, 5.41) is 30.7. The summed E-state index contributed by atoms with van der Waals surface area (Å²) in [5.41, 5.74) is -1.40. The minimum absolute atomic E-state index is 0.0487. The summed E-state index contributed by atoms with van der Waals surface area (Å²) in [6.45, 7) is 13.1. The largest absolute Gasteiger partial charge is 0.493 e. The Morgan fingerprint density at radius 1 is 0.755 bits per heavy atom. The van der Waals surface area contributed by atoms with Crippen LogP contribution in [0.3, 0.4) is 0 Å². The van der Waals surface area contributed by atoms with Gasteiger partial charge in [-0.2, -0.15) is 0 Å². The summed E-state index contributed by atoms with van der Waals surface area (Å²) in [7, 11) is 2.88. The molecule has 0 fully saturated rings. The lowest BCUT2D eigenvalue weighted by atomic mass is 10.1. The van der Waals surface area contributed by atoms with Gasteiger partial charge in [-0.1, -0.05) is 6.07 Å². The molecule has 0 aliphatic heterocycles. The van der Waals surface area contributed by atoms with E-state index in [1.165, 1.54) is 33.0 Å². The van der Waals surface area contributed by atoms with E-state index in [4.69, 9.17) is 18.9 Å². The molecular formula is C33H55N5O11. The van der Waals surface area contributed by atoms with Crippen molar-refractivity contribution in [3.05, 3.63) is 23.8 Å². The molecule has 0 saturated carbocycles. The van der Waals surface area contributed by atoms with E-state index < -0.39 is 65.4 Å². The average Bonchev–Trinajstić information content (AvgIpc) is 2.98. The lowest BCUT2D eigenvalue weighted by Gasteiger charge is -2.30. The van der Waals surface area contributed by atoms with Crippen molar-refractivity contribution in [2.75, 3.05) is 40.4 Å². The van der Waals surface area contributed by atoms with E-state index in [1.54, 1.807) is 59.7 Å². The van der Waals surface area contributed by atoms with Gasteiger partial charge in [0.2, 0.25) is 11.8 Å². The van der Waals surface area contributed by atoms with Crippen molar-refractivity contribution in [1.82, 2.24) is 26.2 Å². The minimum atomic E-state index is -1.35. The normalized spacial score (nSPS) is 13.9. The van der Waals surface area contributed by atoms with Crippen molar-refractivity contribution in [3.63, 3.8) is 0 Å². The lowest BCUT2D eigenvalue weighted by molar-refractivity contribution is -0.136. The molecule has 16 heteroatoms. The van der Waals surface area contributed by atoms with Gasteiger partial charge in [0, 0.05) is 26.2 Å². The van der Waals surface area contributed by atoms with E-state index in [9.17, 15) is 34.2 Å². The van der Waals surface area contributed by atoms with Crippen molar-refractivity contribution in [3.8, 4) is 11.5 Å². The Labute approximate surface area is 288 Å². The maximum Gasteiger partial charge on any atom is 0.408 e. The van der Waals surface area contributed by atoms with Gasteiger partial charge in [0.05, 0.1) is 32.0 Å². The fourth-order valence-electron chi connectivity index (χ4n) is 4.42. The van der Waals surface area contributed by atoms with E-state index in [-0.39, 0.29) is 43.9 Å². The molecule has 6 N–H and O–H groups in total. The summed E-state index contributed by atoms with van der Waals surface area (Å²) >= 11 is 0. The number of hydrogen-bond donors (Lipinski definition) is 6. The number of ether oxygens (including phenoxy) is 4. The fourth-order valence-corrected chi connectivity index (χ4v) is 4.42. The Kier molecular flexibility index (Phi) is 17.1. The van der Waals surface area contributed by atoms with E-state index in [0.29, 0.717) is 12.2 Å². The molecular weight excluding hydrogens is 642 g/mol. The van der Waals surface area contributed by atoms with Gasteiger partial charge in [0.25, 0.3) is 5.91 Å². The maximum absolute atomic E-state index is 13.6. The van der Waals surface area contributed by atoms with Gasteiger partial charge in [0.1, 0.15) is 23.3 Å². The van der Waals surface area contributed by atoms with E-state index in [1.807, 2.05) is 0 Å². The number of benzene rings is 1. The number of hydrogen-bond acceptors (Lipinski definition) is 11. The highest BCUT2D eigenvalue weighted by atomic mass is 16.6. The number of aliphatic hydroxyl groups excluding tert-OH is 2. The van der Waals surface area contributed by atoms with Crippen LogP contribution in [0.1, 0.15) is 78.6 Å². The van der Waals surface area contributed by atoms with Gasteiger partial charge < -0.3 is 55.3 Å². The number of carbonyl (C=O) groups is 5. The second-order valence-electron chi connectivity index (χ2n) is 13.3. The van der Waals surface area contributed by atoms with Crippen LogP contribution in [-0.4, -0.2) is 121 Å². The number of alkyl carbamates (subject to hydrolysis) is 2. The second kappa shape index (κ2) is 19.6. The molecule has 1 aromatic rings. The Morgan fingerprint density at radius 3 is 1.69 bits per heavy atom. The molecule has 5 amide bonds. The average molecular weight is 698 g/mol. The molecule has 0 radical (unpaired) electrons. The van der Waals surface area contributed by atoms with Crippen molar-refractivity contribution in [2.24, 2.45) is 0 Å². The van der Waals surface area contributed by atoms with Crippen LogP contribution in [0.2, 0.25) is 0 Å². The number of methoxy groups -OCH3 is 2. The van der Waals surface area contributed by atoms with Crippen molar-refractivity contribution < 1.29 is 53.1 Å². The van der Waals surface area contributed by atoms with Crippen LogP contribution in [0.15, 0.2) is 18.2 Å². The zero-order valence-corrected chi connectivity index (χ0v) is 30.3. The topological polar surface area (TPSA) is 214 Å². The van der Waals surface area contributed by atoms with Crippen molar-refractivity contribution in [2.45, 2.75) is 104 Å². The third-order valence-corrected chi connectivity index (χ3v) is 6.61. The summed E-state index contributed by atoms with van der Waals surface area (Å²) in [6.07, 6.45) is -3.76. The van der Waals surface area contributed by atoms with Crippen LogP contribution in [0, 0.1) is 0 Å². The molecule has 0 aliphatic rings. The molecule has 1 rings (SSSR count). The van der Waals surface area contributed by atoms with Crippen molar-refractivity contribution in [1.29, 1.82) is 0 Å². The Morgan fingerprint density at radius 2 is 1.24 bits per heavy atom. The number of carbonyl (C=O) groups excluding carboxylic acids is 5. The first-order valence-electron chi connectivity index (χ1n) is 16.1. The van der Waals surface area contributed by atoms with Gasteiger partial charge in [-0.3, -0.25) is 14.4 Å². The molecule has 0 unspecified atom stereocenters. The third-order valence-electron chi connectivity index (χ3n) is 6.61.